The average molecular weight is 182 g/mol. The maximum atomic E-state index is 5.32. The van der Waals surface area contributed by atoms with Gasteiger partial charge in [0.05, 0.1) is 11.4 Å². The molecular formula is C5H9Cl2N3. The lowest BCUT2D eigenvalue weighted by molar-refractivity contribution is 1.34. The summed E-state index contributed by atoms with van der Waals surface area (Å²) in [5, 5.41) is 0. The van der Waals surface area contributed by atoms with Crippen molar-refractivity contribution in [3.8, 4) is 0 Å². The third kappa shape index (κ3) is 3.37. The van der Waals surface area contributed by atoms with Gasteiger partial charge in [0.25, 0.3) is 0 Å². The Kier molecular flexibility index (Phi) is 6.20. The molecule has 0 radical (unpaired) electrons. The Bertz CT molecular complexity index is 175. The van der Waals surface area contributed by atoms with Gasteiger partial charge in [0.2, 0.25) is 0 Å². The number of nitrogens with zero attached hydrogens (tertiary/aromatic N) is 1. The number of aromatic nitrogens is 1. The molecule has 0 saturated heterocycles. The van der Waals surface area contributed by atoms with Crippen LogP contribution in [-0.2, 0) is 0 Å². The van der Waals surface area contributed by atoms with Crippen molar-refractivity contribution in [2.75, 3.05) is 11.5 Å². The second-order valence-electron chi connectivity index (χ2n) is 1.55. The van der Waals surface area contributed by atoms with Crippen molar-refractivity contribution in [3.63, 3.8) is 0 Å². The normalized spacial score (nSPS) is 7.20. The molecule has 0 bridgehead atoms. The van der Waals surface area contributed by atoms with Crippen LogP contribution in [-0.4, -0.2) is 4.98 Å². The van der Waals surface area contributed by atoms with Gasteiger partial charge in [-0.3, -0.25) is 4.98 Å². The Morgan fingerprint density at radius 1 is 1.00 bits per heavy atom. The third-order valence-electron chi connectivity index (χ3n) is 0.781. The molecule has 1 heterocycles. The summed E-state index contributed by atoms with van der Waals surface area (Å²) in [6, 6.07) is 1.66. The first-order valence-corrected chi connectivity index (χ1v) is 2.25. The molecule has 1 rings (SSSR count). The zero-order valence-corrected chi connectivity index (χ0v) is 6.78. The number of nitrogens with two attached hydrogens (primary N) is 2. The van der Waals surface area contributed by atoms with Crippen molar-refractivity contribution >= 4 is 36.2 Å². The summed E-state index contributed by atoms with van der Waals surface area (Å²) in [6.07, 6.45) is 3.10. The molecule has 0 aromatic carbocycles. The van der Waals surface area contributed by atoms with E-state index in [2.05, 4.69) is 4.98 Å². The minimum absolute atomic E-state index is 0. The van der Waals surface area contributed by atoms with E-state index in [9.17, 15) is 0 Å². The first kappa shape index (κ1) is 12.0. The van der Waals surface area contributed by atoms with Crippen molar-refractivity contribution in [3.05, 3.63) is 18.5 Å². The highest BCUT2D eigenvalue weighted by molar-refractivity contribution is 5.85. The molecule has 1 aromatic heterocycles. The SMILES string of the molecule is Cl.Cl.Nc1cncc(N)c1. The maximum Gasteiger partial charge on any atom is 0.0521 e. The Morgan fingerprint density at radius 2 is 1.40 bits per heavy atom. The van der Waals surface area contributed by atoms with Crippen LogP contribution in [0, 0.1) is 0 Å². The minimum atomic E-state index is 0. The summed E-state index contributed by atoms with van der Waals surface area (Å²) in [7, 11) is 0. The highest BCUT2D eigenvalue weighted by Gasteiger charge is 1.82. The van der Waals surface area contributed by atoms with Crippen LogP contribution in [0.15, 0.2) is 18.5 Å². The largest absolute Gasteiger partial charge is 0.397 e. The van der Waals surface area contributed by atoms with E-state index in [1.165, 1.54) is 0 Å². The van der Waals surface area contributed by atoms with Gasteiger partial charge in [-0.25, -0.2) is 0 Å². The minimum Gasteiger partial charge on any atom is -0.397 e. The van der Waals surface area contributed by atoms with Gasteiger partial charge in [-0.2, -0.15) is 0 Å². The summed E-state index contributed by atoms with van der Waals surface area (Å²) in [5.74, 6) is 0. The molecule has 0 saturated carbocycles. The number of rotatable bonds is 0. The Hall–Kier alpha value is -0.670. The number of halogens is 2. The van der Waals surface area contributed by atoms with Crippen LogP contribution in [0.3, 0.4) is 0 Å². The molecular weight excluding hydrogens is 173 g/mol. The predicted molar refractivity (Wildman–Crippen MR) is 47.6 cm³/mol. The van der Waals surface area contributed by atoms with Crippen molar-refractivity contribution in [1.82, 2.24) is 4.98 Å². The van der Waals surface area contributed by atoms with Gasteiger partial charge >= 0.3 is 0 Å². The summed E-state index contributed by atoms with van der Waals surface area (Å²) >= 11 is 0. The molecule has 0 atom stereocenters. The first-order chi connectivity index (χ1) is 3.79. The molecule has 4 N–H and O–H groups in total. The Labute approximate surface area is 71.6 Å². The molecule has 10 heavy (non-hydrogen) atoms. The van der Waals surface area contributed by atoms with E-state index in [1.54, 1.807) is 18.5 Å². The Morgan fingerprint density at radius 3 is 1.60 bits per heavy atom. The average Bonchev–Trinajstić information content (AvgIpc) is 1.64. The van der Waals surface area contributed by atoms with Gasteiger partial charge in [-0.05, 0) is 6.07 Å². The van der Waals surface area contributed by atoms with Gasteiger partial charge in [0.1, 0.15) is 0 Å². The van der Waals surface area contributed by atoms with Gasteiger partial charge in [-0.1, -0.05) is 0 Å². The molecule has 1 aromatic rings. The van der Waals surface area contributed by atoms with Crippen molar-refractivity contribution in [2.45, 2.75) is 0 Å². The quantitative estimate of drug-likeness (QED) is 0.631. The molecule has 3 nitrogen and oxygen atoms in total. The van der Waals surface area contributed by atoms with Crippen LogP contribution in [0.5, 0.6) is 0 Å². The number of anilines is 2. The Balaban J connectivity index is 0. The summed E-state index contributed by atoms with van der Waals surface area (Å²) in [6.45, 7) is 0. The topological polar surface area (TPSA) is 64.9 Å². The van der Waals surface area contributed by atoms with E-state index in [1.807, 2.05) is 0 Å². The van der Waals surface area contributed by atoms with Gasteiger partial charge < -0.3 is 11.5 Å². The number of pyridine rings is 1. The van der Waals surface area contributed by atoms with Gasteiger partial charge in [0, 0.05) is 12.4 Å². The number of hydrogen-bond acceptors (Lipinski definition) is 3. The molecule has 0 fully saturated rings. The lowest BCUT2D eigenvalue weighted by Crippen LogP contribution is -1.89. The summed E-state index contributed by atoms with van der Waals surface area (Å²) in [5.41, 5.74) is 11.8. The van der Waals surface area contributed by atoms with Gasteiger partial charge in [0.15, 0.2) is 0 Å². The van der Waals surface area contributed by atoms with Crippen molar-refractivity contribution in [1.29, 1.82) is 0 Å². The van der Waals surface area contributed by atoms with E-state index < -0.39 is 0 Å². The summed E-state index contributed by atoms with van der Waals surface area (Å²) < 4.78 is 0. The molecule has 5 heteroatoms. The second kappa shape index (κ2) is 5.14. The first-order valence-electron chi connectivity index (χ1n) is 2.25. The predicted octanol–water partition coefficient (Wildman–Crippen LogP) is 1.09. The summed E-state index contributed by atoms with van der Waals surface area (Å²) in [4.78, 5) is 3.73. The fraction of sp³-hybridized carbons (Fsp3) is 0. The number of hydrogen-bond donors (Lipinski definition) is 2. The van der Waals surface area contributed by atoms with E-state index in [0.717, 1.165) is 0 Å². The fourth-order valence-corrected chi connectivity index (χ4v) is 0.476. The monoisotopic (exact) mass is 181 g/mol. The zero-order valence-electron chi connectivity index (χ0n) is 5.15. The molecule has 0 amide bonds. The lowest BCUT2D eigenvalue weighted by atomic mass is 10.4. The van der Waals surface area contributed by atoms with E-state index >= 15 is 0 Å². The van der Waals surface area contributed by atoms with Crippen LogP contribution in [0.25, 0.3) is 0 Å². The molecule has 0 unspecified atom stereocenters. The third-order valence-corrected chi connectivity index (χ3v) is 0.781. The standard InChI is InChI=1S/C5H7N3.2ClH/c6-4-1-5(7)3-8-2-4;;/h1-3H,6-7H2;2*1H. The molecule has 0 aliphatic heterocycles. The maximum absolute atomic E-state index is 5.32. The molecule has 0 aliphatic carbocycles. The van der Waals surface area contributed by atoms with E-state index in [0.29, 0.717) is 11.4 Å². The van der Waals surface area contributed by atoms with E-state index in [-0.39, 0.29) is 24.8 Å². The fourth-order valence-electron chi connectivity index (χ4n) is 0.476. The van der Waals surface area contributed by atoms with Crippen LogP contribution < -0.4 is 11.5 Å². The van der Waals surface area contributed by atoms with E-state index in [4.69, 9.17) is 11.5 Å². The molecule has 0 spiro atoms. The van der Waals surface area contributed by atoms with Gasteiger partial charge in [-0.15, -0.1) is 24.8 Å². The van der Waals surface area contributed by atoms with Crippen LogP contribution >= 0.6 is 24.8 Å². The highest BCUT2D eigenvalue weighted by atomic mass is 35.5. The lowest BCUT2D eigenvalue weighted by Gasteiger charge is -1.90. The second-order valence-corrected chi connectivity index (χ2v) is 1.55. The molecule has 58 valence electrons. The van der Waals surface area contributed by atoms with Crippen molar-refractivity contribution < 1.29 is 0 Å². The van der Waals surface area contributed by atoms with Crippen LogP contribution in [0.4, 0.5) is 11.4 Å². The van der Waals surface area contributed by atoms with Crippen LogP contribution in [0.1, 0.15) is 0 Å². The van der Waals surface area contributed by atoms with Crippen molar-refractivity contribution in [2.24, 2.45) is 0 Å². The zero-order chi connectivity index (χ0) is 5.98. The number of nitrogen functional groups attached to an aromatic ring is 2. The highest BCUT2D eigenvalue weighted by Crippen LogP contribution is 2.02. The molecule has 0 aliphatic rings. The smallest absolute Gasteiger partial charge is 0.0521 e. The van der Waals surface area contributed by atoms with Crippen LogP contribution in [0.2, 0.25) is 0 Å².